The summed E-state index contributed by atoms with van der Waals surface area (Å²) in [6.45, 7) is 3.19. The number of amides is 2. The lowest BCUT2D eigenvalue weighted by Crippen LogP contribution is -2.41. The standard InChI is InChI=1S/C20H28N2O5S/c1-25-15-5-6-16(18(12-15)26-2)17-4-3-7-22(17)20(24)14-28-13-19(23)21-8-10-27-11-9-21/h5-6,12,17H,3-4,7-11,13-14H2,1-2H3. The van der Waals surface area contributed by atoms with Gasteiger partial charge in [-0.3, -0.25) is 9.59 Å². The van der Waals surface area contributed by atoms with Crippen LogP contribution in [0.1, 0.15) is 24.4 Å². The number of hydrogen-bond donors (Lipinski definition) is 0. The second-order valence-electron chi connectivity index (χ2n) is 6.84. The molecule has 2 amide bonds. The van der Waals surface area contributed by atoms with Gasteiger partial charge >= 0.3 is 0 Å². The van der Waals surface area contributed by atoms with E-state index in [2.05, 4.69) is 0 Å². The van der Waals surface area contributed by atoms with Gasteiger partial charge in [0, 0.05) is 31.3 Å². The van der Waals surface area contributed by atoms with Gasteiger partial charge in [-0.1, -0.05) is 0 Å². The largest absolute Gasteiger partial charge is 0.497 e. The summed E-state index contributed by atoms with van der Waals surface area (Å²) in [7, 11) is 3.25. The molecule has 0 saturated carbocycles. The van der Waals surface area contributed by atoms with E-state index in [9.17, 15) is 9.59 Å². The zero-order valence-electron chi connectivity index (χ0n) is 16.5. The summed E-state index contributed by atoms with van der Waals surface area (Å²) >= 11 is 1.39. The van der Waals surface area contributed by atoms with Gasteiger partial charge in [0.1, 0.15) is 11.5 Å². The third-order valence-electron chi connectivity index (χ3n) is 5.19. The summed E-state index contributed by atoms with van der Waals surface area (Å²) in [5.74, 6) is 2.25. The van der Waals surface area contributed by atoms with Crippen molar-refractivity contribution in [2.24, 2.45) is 0 Å². The smallest absolute Gasteiger partial charge is 0.233 e. The number of nitrogens with zero attached hydrogens (tertiary/aromatic N) is 2. The molecule has 154 valence electrons. The number of morpholine rings is 1. The molecular weight excluding hydrogens is 380 g/mol. The van der Waals surface area contributed by atoms with Crippen LogP contribution in [0.2, 0.25) is 0 Å². The van der Waals surface area contributed by atoms with Crippen molar-refractivity contribution in [3.8, 4) is 11.5 Å². The summed E-state index contributed by atoms with van der Waals surface area (Å²) in [6.07, 6.45) is 1.87. The Bertz CT molecular complexity index is 693. The van der Waals surface area contributed by atoms with Gasteiger partial charge in [-0.05, 0) is 25.0 Å². The molecule has 3 rings (SSSR count). The zero-order valence-corrected chi connectivity index (χ0v) is 17.3. The molecule has 2 heterocycles. The predicted octanol–water partition coefficient (Wildman–Crippen LogP) is 1.96. The van der Waals surface area contributed by atoms with Gasteiger partial charge in [0.2, 0.25) is 11.8 Å². The van der Waals surface area contributed by atoms with Gasteiger partial charge in [-0.15, -0.1) is 11.8 Å². The molecule has 8 heteroatoms. The van der Waals surface area contributed by atoms with Crippen molar-refractivity contribution in [2.75, 3.05) is 58.6 Å². The maximum absolute atomic E-state index is 12.8. The van der Waals surface area contributed by atoms with Gasteiger partial charge in [0.15, 0.2) is 0 Å². The number of benzene rings is 1. The van der Waals surface area contributed by atoms with E-state index < -0.39 is 0 Å². The number of ether oxygens (including phenoxy) is 3. The van der Waals surface area contributed by atoms with Crippen molar-refractivity contribution in [1.29, 1.82) is 0 Å². The highest BCUT2D eigenvalue weighted by atomic mass is 32.2. The van der Waals surface area contributed by atoms with E-state index in [-0.39, 0.29) is 17.9 Å². The summed E-state index contributed by atoms with van der Waals surface area (Å²) in [6, 6.07) is 5.73. The molecule has 0 radical (unpaired) electrons. The number of hydrogen-bond acceptors (Lipinski definition) is 6. The van der Waals surface area contributed by atoms with Crippen LogP contribution in [0.25, 0.3) is 0 Å². The molecule has 0 aliphatic carbocycles. The van der Waals surface area contributed by atoms with E-state index in [1.165, 1.54) is 11.8 Å². The summed E-state index contributed by atoms with van der Waals surface area (Å²) in [4.78, 5) is 28.8. The number of rotatable bonds is 7. The summed E-state index contributed by atoms with van der Waals surface area (Å²) in [5, 5.41) is 0. The predicted molar refractivity (Wildman–Crippen MR) is 108 cm³/mol. The zero-order chi connectivity index (χ0) is 19.9. The first-order valence-corrected chi connectivity index (χ1v) is 10.7. The Morgan fingerprint density at radius 2 is 1.86 bits per heavy atom. The molecule has 1 unspecified atom stereocenters. The lowest BCUT2D eigenvalue weighted by atomic mass is 10.0. The Morgan fingerprint density at radius 3 is 2.57 bits per heavy atom. The van der Waals surface area contributed by atoms with Gasteiger partial charge in [0.05, 0.1) is 45.0 Å². The molecule has 0 bridgehead atoms. The monoisotopic (exact) mass is 408 g/mol. The first-order chi connectivity index (χ1) is 13.6. The molecule has 0 N–H and O–H groups in total. The average molecular weight is 409 g/mol. The Labute approximate surface area is 170 Å². The van der Waals surface area contributed by atoms with Crippen LogP contribution in [0.15, 0.2) is 18.2 Å². The van der Waals surface area contributed by atoms with Crippen molar-refractivity contribution in [1.82, 2.24) is 9.80 Å². The van der Waals surface area contributed by atoms with Crippen LogP contribution in [0.5, 0.6) is 11.5 Å². The van der Waals surface area contributed by atoms with E-state index in [1.807, 2.05) is 28.0 Å². The Balaban J connectivity index is 1.56. The third-order valence-corrected chi connectivity index (χ3v) is 6.09. The van der Waals surface area contributed by atoms with Crippen molar-refractivity contribution in [2.45, 2.75) is 18.9 Å². The first kappa shape index (κ1) is 20.8. The lowest BCUT2D eigenvalue weighted by molar-refractivity contribution is -0.132. The van der Waals surface area contributed by atoms with Crippen LogP contribution in [0.3, 0.4) is 0 Å². The van der Waals surface area contributed by atoms with Crippen LogP contribution < -0.4 is 9.47 Å². The Kier molecular flexibility index (Phi) is 7.44. The quantitative estimate of drug-likeness (QED) is 0.687. The number of carbonyl (C=O) groups excluding carboxylic acids is 2. The second-order valence-corrected chi connectivity index (χ2v) is 7.82. The summed E-state index contributed by atoms with van der Waals surface area (Å²) < 4.78 is 16.1. The third kappa shape index (κ3) is 4.91. The minimum absolute atomic E-state index is 0.00361. The van der Waals surface area contributed by atoms with Gasteiger partial charge < -0.3 is 24.0 Å². The molecule has 1 aromatic carbocycles. The van der Waals surface area contributed by atoms with Crippen LogP contribution in [0.4, 0.5) is 0 Å². The SMILES string of the molecule is COc1ccc(C2CCCN2C(=O)CSCC(=O)N2CCOCC2)c(OC)c1. The second kappa shape index (κ2) is 10.0. The fourth-order valence-electron chi connectivity index (χ4n) is 3.69. The Morgan fingerprint density at radius 1 is 1.11 bits per heavy atom. The molecular formula is C20H28N2O5S. The van der Waals surface area contributed by atoms with Crippen molar-refractivity contribution in [3.63, 3.8) is 0 Å². The Hall–Kier alpha value is -1.93. The van der Waals surface area contributed by atoms with Crippen molar-refractivity contribution >= 4 is 23.6 Å². The average Bonchev–Trinajstić information content (AvgIpc) is 3.23. The van der Waals surface area contributed by atoms with Crippen LogP contribution >= 0.6 is 11.8 Å². The van der Waals surface area contributed by atoms with E-state index in [0.717, 1.165) is 36.4 Å². The molecule has 1 aromatic rings. The van der Waals surface area contributed by atoms with E-state index in [4.69, 9.17) is 14.2 Å². The summed E-state index contributed by atoms with van der Waals surface area (Å²) in [5.41, 5.74) is 1.00. The highest BCUT2D eigenvalue weighted by Gasteiger charge is 2.32. The van der Waals surface area contributed by atoms with Gasteiger partial charge in [-0.25, -0.2) is 0 Å². The highest BCUT2D eigenvalue weighted by molar-refractivity contribution is 8.00. The topological polar surface area (TPSA) is 68.3 Å². The first-order valence-electron chi connectivity index (χ1n) is 9.58. The fourth-order valence-corrected chi connectivity index (χ4v) is 4.49. The molecule has 2 aliphatic heterocycles. The minimum Gasteiger partial charge on any atom is -0.497 e. The van der Waals surface area contributed by atoms with E-state index in [0.29, 0.717) is 37.8 Å². The lowest BCUT2D eigenvalue weighted by Gasteiger charge is -2.28. The number of likely N-dealkylation sites (tertiary alicyclic amines) is 1. The molecule has 0 aromatic heterocycles. The van der Waals surface area contributed by atoms with Gasteiger partial charge in [0.25, 0.3) is 0 Å². The number of carbonyl (C=O) groups is 2. The molecule has 28 heavy (non-hydrogen) atoms. The molecule has 0 spiro atoms. The fraction of sp³-hybridized carbons (Fsp3) is 0.600. The van der Waals surface area contributed by atoms with Gasteiger partial charge in [-0.2, -0.15) is 0 Å². The normalized spacial score (nSPS) is 19.6. The van der Waals surface area contributed by atoms with Crippen molar-refractivity contribution < 1.29 is 23.8 Å². The molecule has 2 aliphatic rings. The minimum atomic E-state index is 0.00361. The van der Waals surface area contributed by atoms with Crippen LogP contribution in [0, 0.1) is 0 Å². The maximum atomic E-state index is 12.8. The number of methoxy groups -OCH3 is 2. The number of thioether (sulfide) groups is 1. The van der Waals surface area contributed by atoms with Crippen LogP contribution in [-0.2, 0) is 14.3 Å². The molecule has 1 atom stereocenters. The van der Waals surface area contributed by atoms with E-state index >= 15 is 0 Å². The molecule has 7 nitrogen and oxygen atoms in total. The van der Waals surface area contributed by atoms with Crippen LogP contribution in [-0.4, -0.2) is 80.2 Å². The molecule has 2 fully saturated rings. The van der Waals surface area contributed by atoms with Crippen molar-refractivity contribution in [3.05, 3.63) is 23.8 Å². The highest BCUT2D eigenvalue weighted by Crippen LogP contribution is 2.38. The molecule has 2 saturated heterocycles. The van der Waals surface area contributed by atoms with E-state index in [1.54, 1.807) is 14.2 Å². The maximum Gasteiger partial charge on any atom is 0.233 e.